The lowest BCUT2D eigenvalue weighted by molar-refractivity contribution is 0.770. The minimum atomic E-state index is 0.0753. The number of aromatic nitrogens is 1. The van der Waals surface area contributed by atoms with Crippen molar-refractivity contribution in [1.29, 1.82) is 0 Å². The fourth-order valence-corrected chi connectivity index (χ4v) is 1.21. The van der Waals surface area contributed by atoms with Crippen molar-refractivity contribution in [3.63, 3.8) is 0 Å². The summed E-state index contributed by atoms with van der Waals surface area (Å²) in [6.45, 7) is 2.45. The van der Waals surface area contributed by atoms with Crippen molar-refractivity contribution in [3.8, 4) is 0 Å². The maximum atomic E-state index is 11.5. The van der Waals surface area contributed by atoms with Gasteiger partial charge in [0.15, 0.2) is 0 Å². The topological polar surface area (TPSA) is 22.0 Å². The van der Waals surface area contributed by atoms with Gasteiger partial charge in [-0.1, -0.05) is 18.2 Å². The van der Waals surface area contributed by atoms with E-state index in [0.717, 1.165) is 5.56 Å². The summed E-state index contributed by atoms with van der Waals surface area (Å²) in [6.07, 6.45) is 5.66. The van der Waals surface area contributed by atoms with Crippen LogP contribution in [0.1, 0.15) is 5.56 Å². The number of thiol groups is 1. The fourth-order valence-electron chi connectivity index (χ4n) is 1.06. The SMILES string of the molecule is Cc1cccn(C/C=C/CS)c1=O. The fraction of sp³-hybridized carbons (Fsp3) is 0.300. The van der Waals surface area contributed by atoms with Crippen LogP contribution < -0.4 is 5.56 Å². The van der Waals surface area contributed by atoms with Gasteiger partial charge in [-0.15, -0.1) is 0 Å². The van der Waals surface area contributed by atoms with Gasteiger partial charge >= 0.3 is 0 Å². The predicted molar refractivity (Wildman–Crippen MR) is 58.4 cm³/mol. The molecule has 0 amide bonds. The van der Waals surface area contributed by atoms with Crippen LogP contribution in [0.25, 0.3) is 0 Å². The Morgan fingerprint density at radius 3 is 3.00 bits per heavy atom. The molecular weight excluding hydrogens is 182 g/mol. The summed E-state index contributed by atoms with van der Waals surface area (Å²) in [5.41, 5.74) is 0.855. The minimum Gasteiger partial charge on any atom is -0.311 e. The molecule has 0 aliphatic heterocycles. The standard InChI is InChI=1S/C10H13NOS/c1-9-5-4-7-11(10(9)12)6-2-3-8-13/h2-5,7,13H,6,8H2,1H3/b3-2+. The van der Waals surface area contributed by atoms with E-state index in [1.54, 1.807) is 10.8 Å². The van der Waals surface area contributed by atoms with Crippen LogP contribution in [0.2, 0.25) is 0 Å². The zero-order valence-corrected chi connectivity index (χ0v) is 8.50. The van der Waals surface area contributed by atoms with Crippen LogP contribution in [-0.2, 0) is 6.54 Å². The largest absolute Gasteiger partial charge is 0.311 e. The first-order valence-corrected chi connectivity index (χ1v) is 4.81. The van der Waals surface area contributed by atoms with Gasteiger partial charge in [0.25, 0.3) is 5.56 Å². The van der Waals surface area contributed by atoms with Gasteiger partial charge in [0.05, 0.1) is 0 Å². The summed E-state index contributed by atoms with van der Waals surface area (Å²) in [5, 5.41) is 0. The number of pyridine rings is 1. The summed E-state index contributed by atoms with van der Waals surface area (Å²) in [7, 11) is 0. The van der Waals surface area contributed by atoms with E-state index in [9.17, 15) is 4.79 Å². The molecule has 0 bridgehead atoms. The molecule has 70 valence electrons. The van der Waals surface area contributed by atoms with Gasteiger partial charge in [0.2, 0.25) is 0 Å². The lowest BCUT2D eigenvalue weighted by Gasteiger charge is -2.01. The van der Waals surface area contributed by atoms with E-state index in [1.807, 2.05) is 31.2 Å². The highest BCUT2D eigenvalue weighted by molar-refractivity contribution is 7.80. The van der Waals surface area contributed by atoms with E-state index in [1.165, 1.54) is 0 Å². The van der Waals surface area contributed by atoms with Crippen molar-refractivity contribution in [2.75, 3.05) is 5.75 Å². The van der Waals surface area contributed by atoms with Gasteiger partial charge in [-0.25, -0.2) is 0 Å². The van der Waals surface area contributed by atoms with Crippen molar-refractivity contribution in [1.82, 2.24) is 4.57 Å². The van der Waals surface area contributed by atoms with Crippen molar-refractivity contribution in [2.24, 2.45) is 0 Å². The first-order valence-electron chi connectivity index (χ1n) is 4.17. The van der Waals surface area contributed by atoms with Crippen LogP contribution in [-0.4, -0.2) is 10.3 Å². The first-order chi connectivity index (χ1) is 6.25. The molecule has 0 atom stereocenters. The van der Waals surface area contributed by atoms with Crippen LogP contribution in [0, 0.1) is 6.92 Å². The molecule has 0 radical (unpaired) electrons. The predicted octanol–water partition coefficient (Wildman–Crippen LogP) is 1.64. The maximum Gasteiger partial charge on any atom is 0.253 e. The maximum absolute atomic E-state index is 11.5. The first kappa shape index (κ1) is 10.1. The van der Waals surface area contributed by atoms with Gasteiger partial charge in [-0.2, -0.15) is 12.6 Å². The Morgan fingerprint density at radius 2 is 2.31 bits per heavy atom. The third-order valence-corrected chi connectivity index (χ3v) is 2.00. The molecule has 2 nitrogen and oxygen atoms in total. The highest BCUT2D eigenvalue weighted by Gasteiger charge is 1.94. The Hall–Kier alpha value is -0.960. The summed E-state index contributed by atoms with van der Waals surface area (Å²) in [5.74, 6) is 0.709. The molecule has 1 aromatic heterocycles. The van der Waals surface area contributed by atoms with E-state index in [-0.39, 0.29) is 5.56 Å². The third kappa shape index (κ3) is 2.77. The Bertz CT molecular complexity index is 354. The molecule has 13 heavy (non-hydrogen) atoms. The molecule has 3 heteroatoms. The molecule has 0 fully saturated rings. The Kier molecular flexibility index (Phi) is 3.83. The van der Waals surface area contributed by atoms with E-state index in [0.29, 0.717) is 12.3 Å². The lowest BCUT2D eigenvalue weighted by Crippen LogP contribution is -2.20. The molecule has 0 saturated heterocycles. The van der Waals surface area contributed by atoms with Crippen LogP contribution in [0.3, 0.4) is 0 Å². The minimum absolute atomic E-state index is 0.0753. The average Bonchev–Trinajstić information content (AvgIpc) is 2.13. The zero-order chi connectivity index (χ0) is 9.68. The van der Waals surface area contributed by atoms with Gasteiger partial charge < -0.3 is 4.57 Å². The number of aryl methyl sites for hydroxylation is 1. The summed E-state index contributed by atoms with van der Waals surface area (Å²) < 4.78 is 1.68. The van der Waals surface area contributed by atoms with Crippen molar-refractivity contribution in [2.45, 2.75) is 13.5 Å². The second-order valence-corrected chi connectivity index (χ2v) is 3.17. The molecule has 0 unspecified atom stereocenters. The second-order valence-electron chi connectivity index (χ2n) is 2.80. The molecule has 1 heterocycles. The summed E-state index contributed by atoms with van der Waals surface area (Å²) >= 11 is 4.04. The number of nitrogens with zero attached hydrogens (tertiary/aromatic N) is 1. The molecule has 0 saturated carbocycles. The lowest BCUT2D eigenvalue weighted by atomic mass is 10.3. The van der Waals surface area contributed by atoms with Crippen LogP contribution in [0.4, 0.5) is 0 Å². The highest BCUT2D eigenvalue weighted by Crippen LogP contribution is 1.90. The molecule has 1 aromatic rings. The Balaban J connectivity index is 2.84. The van der Waals surface area contributed by atoms with E-state index >= 15 is 0 Å². The van der Waals surface area contributed by atoms with Crippen molar-refractivity contribution in [3.05, 3.63) is 46.4 Å². The number of hydrogen-bond acceptors (Lipinski definition) is 2. The molecule has 0 aliphatic carbocycles. The molecule has 1 rings (SSSR count). The van der Waals surface area contributed by atoms with E-state index in [4.69, 9.17) is 0 Å². The summed E-state index contributed by atoms with van der Waals surface area (Å²) in [4.78, 5) is 11.5. The molecular formula is C10H13NOS. The summed E-state index contributed by atoms with van der Waals surface area (Å²) in [6, 6.07) is 3.70. The van der Waals surface area contributed by atoms with Crippen LogP contribution in [0.5, 0.6) is 0 Å². The average molecular weight is 195 g/mol. The van der Waals surface area contributed by atoms with Gasteiger partial charge in [0, 0.05) is 24.1 Å². The number of rotatable bonds is 3. The quantitative estimate of drug-likeness (QED) is 0.575. The molecule has 0 aliphatic rings. The van der Waals surface area contributed by atoms with E-state index in [2.05, 4.69) is 12.6 Å². The van der Waals surface area contributed by atoms with Gasteiger partial charge in [-0.05, 0) is 13.0 Å². The van der Waals surface area contributed by atoms with E-state index < -0.39 is 0 Å². The normalized spacial score (nSPS) is 10.9. The molecule has 0 aromatic carbocycles. The zero-order valence-electron chi connectivity index (χ0n) is 7.60. The Labute approximate surface area is 83.3 Å². The monoisotopic (exact) mass is 195 g/mol. The Morgan fingerprint density at radius 1 is 1.54 bits per heavy atom. The van der Waals surface area contributed by atoms with Crippen molar-refractivity contribution >= 4 is 12.6 Å². The third-order valence-electron chi connectivity index (χ3n) is 1.78. The number of hydrogen-bond donors (Lipinski definition) is 1. The molecule has 0 N–H and O–H groups in total. The van der Waals surface area contributed by atoms with Gasteiger partial charge in [-0.3, -0.25) is 4.79 Å². The highest BCUT2D eigenvalue weighted by atomic mass is 32.1. The number of allylic oxidation sites excluding steroid dienone is 1. The van der Waals surface area contributed by atoms with Gasteiger partial charge in [0.1, 0.15) is 0 Å². The van der Waals surface area contributed by atoms with Crippen LogP contribution in [0.15, 0.2) is 35.3 Å². The molecule has 0 spiro atoms. The van der Waals surface area contributed by atoms with Crippen molar-refractivity contribution < 1.29 is 0 Å². The smallest absolute Gasteiger partial charge is 0.253 e. The second kappa shape index (κ2) is 4.92. The van der Waals surface area contributed by atoms with Crippen LogP contribution >= 0.6 is 12.6 Å².